The molecule has 1 N–H and O–H groups in total. The van der Waals surface area contributed by atoms with Gasteiger partial charge in [0.05, 0.1) is 5.60 Å². The number of aliphatic hydroxyl groups is 1. The highest BCUT2D eigenvalue weighted by atomic mass is 16.6. The molecule has 0 bridgehead atoms. The Morgan fingerprint density at radius 1 is 1.29 bits per heavy atom. The third-order valence-electron chi connectivity index (χ3n) is 2.62. The van der Waals surface area contributed by atoms with Crippen molar-refractivity contribution in [3.63, 3.8) is 0 Å². The average Bonchev–Trinajstić information content (AvgIpc) is 2.03. The van der Waals surface area contributed by atoms with Crippen LogP contribution >= 0.6 is 0 Å². The Kier molecular flexibility index (Phi) is 2.50. The van der Waals surface area contributed by atoms with E-state index >= 15 is 0 Å². The summed E-state index contributed by atoms with van der Waals surface area (Å²) in [7, 11) is 0. The Balaban J connectivity index is 3.08. The molecule has 0 aromatic rings. The van der Waals surface area contributed by atoms with Crippen LogP contribution in [-0.2, 0) is 0 Å². The fraction of sp³-hybridized carbons (Fsp3) is 0.600. The van der Waals surface area contributed by atoms with Gasteiger partial charge in [0.1, 0.15) is 0 Å². The molecule has 0 aromatic carbocycles. The van der Waals surface area contributed by atoms with E-state index in [1.54, 1.807) is 20.8 Å². The fourth-order valence-corrected chi connectivity index (χ4v) is 1.43. The van der Waals surface area contributed by atoms with Gasteiger partial charge in [-0.3, -0.25) is 10.1 Å². The molecule has 0 unspecified atom stereocenters. The molecule has 0 aromatic heterocycles. The maximum atomic E-state index is 11.0. The van der Waals surface area contributed by atoms with Crippen molar-refractivity contribution >= 4 is 0 Å². The number of rotatable bonds is 2. The van der Waals surface area contributed by atoms with Gasteiger partial charge in [0.25, 0.3) is 5.54 Å². The van der Waals surface area contributed by atoms with Crippen LogP contribution in [0.3, 0.4) is 0 Å². The van der Waals surface area contributed by atoms with E-state index in [4.69, 9.17) is 0 Å². The molecule has 0 fully saturated rings. The first kappa shape index (κ1) is 10.9. The zero-order valence-corrected chi connectivity index (χ0v) is 8.60. The molecule has 1 aliphatic carbocycles. The third kappa shape index (κ3) is 1.70. The number of nitro groups is 1. The zero-order valence-electron chi connectivity index (χ0n) is 8.60. The molecule has 0 heterocycles. The van der Waals surface area contributed by atoms with Gasteiger partial charge in [0.2, 0.25) is 0 Å². The van der Waals surface area contributed by atoms with Gasteiger partial charge in [-0.15, -0.1) is 0 Å². The van der Waals surface area contributed by atoms with Crippen molar-refractivity contribution in [3.05, 3.63) is 34.4 Å². The normalized spacial score (nSPS) is 36.4. The fourth-order valence-electron chi connectivity index (χ4n) is 1.43. The Labute approximate surface area is 83.1 Å². The summed E-state index contributed by atoms with van der Waals surface area (Å²) in [4.78, 5) is 10.6. The van der Waals surface area contributed by atoms with Crippen LogP contribution in [0.2, 0.25) is 0 Å². The maximum absolute atomic E-state index is 11.0. The molecule has 0 radical (unpaired) electrons. The largest absolute Gasteiger partial charge is 0.382 e. The summed E-state index contributed by atoms with van der Waals surface area (Å²) in [5.74, 6) is -0.138. The van der Waals surface area contributed by atoms with Crippen molar-refractivity contribution < 1.29 is 10.0 Å². The molecule has 78 valence electrons. The molecule has 0 aliphatic heterocycles. The standard InChI is InChI=1S/C10H15NO3/c1-8(2)10(11(13)14)6-4-9(3,12)5-7-10/h4-8,12H,1-3H3. The van der Waals surface area contributed by atoms with E-state index in [0.29, 0.717) is 0 Å². The Bertz CT molecular complexity index is 286. The molecular formula is C10H15NO3. The van der Waals surface area contributed by atoms with Gasteiger partial charge >= 0.3 is 0 Å². The summed E-state index contributed by atoms with van der Waals surface area (Å²) in [6, 6.07) is 0. The number of nitrogens with zero attached hydrogens (tertiary/aromatic N) is 1. The van der Waals surface area contributed by atoms with Gasteiger partial charge in [-0.05, 0) is 31.2 Å². The van der Waals surface area contributed by atoms with Crippen LogP contribution in [0.1, 0.15) is 20.8 Å². The highest BCUT2D eigenvalue weighted by molar-refractivity contribution is 5.28. The lowest BCUT2D eigenvalue weighted by atomic mass is 9.80. The predicted octanol–water partition coefficient (Wildman–Crippen LogP) is 1.53. The zero-order chi connectivity index (χ0) is 11.0. The first-order valence-corrected chi connectivity index (χ1v) is 4.58. The second kappa shape index (κ2) is 3.20. The van der Waals surface area contributed by atoms with Crippen LogP contribution in [0.5, 0.6) is 0 Å². The van der Waals surface area contributed by atoms with Crippen molar-refractivity contribution in [1.29, 1.82) is 0 Å². The molecule has 0 atom stereocenters. The number of hydrogen-bond donors (Lipinski definition) is 1. The quantitative estimate of drug-likeness (QED) is 0.415. The van der Waals surface area contributed by atoms with Gasteiger partial charge in [0, 0.05) is 10.8 Å². The van der Waals surface area contributed by atoms with Crippen molar-refractivity contribution in [3.8, 4) is 0 Å². The predicted molar refractivity (Wildman–Crippen MR) is 53.5 cm³/mol. The van der Waals surface area contributed by atoms with Crippen LogP contribution in [0.4, 0.5) is 0 Å². The van der Waals surface area contributed by atoms with Gasteiger partial charge in [-0.1, -0.05) is 13.8 Å². The van der Waals surface area contributed by atoms with E-state index in [1.165, 1.54) is 24.3 Å². The van der Waals surface area contributed by atoms with Gasteiger partial charge in [-0.2, -0.15) is 0 Å². The highest BCUT2D eigenvalue weighted by Crippen LogP contribution is 2.30. The maximum Gasteiger partial charge on any atom is 0.260 e. The molecule has 0 saturated heterocycles. The lowest BCUT2D eigenvalue weighted by Crippen LogP contribution is -2.42. The Morgan fingerprint density at radius 2 is 1.71 bits per heavy atom. The molecule has 0 spiro atoms. The minimum Gasteiger partial charge on any atom is -0.382 e. The molecular weight excluding hydrogens is 182 g/mol. The molecule has 1 rings (SSSR count). The van der Waals surface area contributed by atoms with Crippen LogP contribution in [0.25, 0.3) is 0 Å². The molecule has 1 aliphatic rings. The third-order valence-corrected chi connectivity index (χ3v) is 2.62. The number of hydrogen-bond acceptors (Lipinski definition) is 3. The lowest BCUT2D eigenvalue weighted by Gasteiger charge is -2.28. The van der Waals surface area contributed by atoms with E-state index in [2.05, 4.69) is 0 Å². The summed E-state index contributed by atoms with van der Waals surface area (Å²) < 4.78 is 0. The average molecular weight is 197 g/mol. The summed E-state index contributed by atoms with van der Waals surface area (Å²) in [5.41, 5.74) is -2.23. The SMILES string of the molecule is CC(C)C1([N+](=O)[O-])C=CC(C)(O)C=C1. The monoisotopic (exact) mass is 197 g/mol. The molecule has 4 heteroatoms. The van der Waals surface area contributed by atoms with Gasteiger partial charge in [-0.25, -0.2) is 0 Å². The smallest absolute Gasteiger partial charge is 0.260 e. The molecule has 0 amide bonds. The summed E-state index contributed by atoms with van der Waals surface area (Å²) >= 11 is 0. The van der Waals surface area contributed by atoms with Crippen molar-refractivity contribution in [2.45, 2.75) is 31.9 Å². The lowest BCUT2D eigenvalue weighted by molar-refractivity contribution is -0.549. The Hall–Kier alpha value is -1.16. The molecule has 4 nitrogen and oxygen atoms in total. The van der Waals surface area contributed by atoms with Crippen molar-refractivity contribution in [2.75, 3.05) is 0 Å². The summed E-state index contributed by atoms with van der Waals surface area (Å²) in [6.07, 6.45) is 5.88. The topological polar surface area (TPSA) is 63.4 Å². The van der Waals surface area contributed by atoms with Crippen molar-refractivity contribution in [1.82, 2.24) is 0 Å². The first-order chi connectivity index (χ1) is 6.30. The second-order valence-electron chi connectivity index (χ2n) is 4.19. The summed E-state index contributed by atoms with van der Waals surface area (Å²) in [5, 5.41) is 20.5. The van der Waals surface area contributed by atoms with E-state index < -0.39 is 11.1 Å². The van der Waals surface area contributed by atoms with E-state index in [-0.39, 0.29) is 10.8 Å². The molecule has 14 heavy (non-hydrogen) atoms. The van der Waals surface area contributed by atoms with E-state index in [1.807, 2.05) is 0 Å². The Morgan fingerprint density at radius 3 is 2.00 bits per heavy atom. The van der Waals surface area contributed by atoms with Crippen LogP contribution in [0, 0.1) is 16.0 Å². The van der Waals surface area contributed by atoms with E-state index in [0.717, 1.165) is 0 Å². The van der Waals surface area contributed by atoms with Crippen molar-refractivity contribution in [2.24, 2.45) is 5.92 Å². The minimum absolute atomic E-state index is 0.138. The molecule has 0 saturated carbocycles. The van der Waals surface area contributed by atoms with Crippen LogP contribution in [0.15, 0.2) is 24.3 Å². The summed E-state index contributed by atoms with van der Waals surface area (Å²) in [6.45, 7) is 5.17. The first-order valence-electron chi connectivity index (χ1n) is 4.58. The highest BCUT2D eigenvalue weighted by Gasteiger charge is 2.43. The minimum atomic E-state index is -1.16. The van der Waals surface area contributed by atoms with E-state index in [9.17, 15) is 15.2 Å². The van der Waals surface area contributed by atoms with Crippen LogP contribution < -0.4 is 0 Å². The second-order valence-corrected chi connectivity index (χ2v) is 4.19. The van der Waals surface area contributed by atoms with Gasteiger partial charge < -0.3 is 5.11 Å². The van der Waals surface area contributed by atoms with Gasteiger partial charge in [0.15, 0.2) is 0 Å². The van der Waals surface area contributed by atoms with Crippen LogP contribution in [-0.4, -0.2) is 21.2 Å².